The zero-order valence-corrected chi connectivity index (χ0v) is 18.4. The van der Waals surface area contributed by atoms with Crippen molar-refractivity contribution in [1.82, 2.24) is 15.2 Å². The zero-order valence-electron chi connectivity index (χ0n) is 18.4. The first-order chi connectivity index (χ1) is 15.1. The smallest absolute Gasteiger partial charge is 0.129 e. The van der Waals surface area contributed by atoms with Crippen molar-refractivity contribution >= 4 is 11.3 Å². The molecule has 0 aliphatic carbocycles. The van der Waals surface area contributed by atoms with Gasteiger partial charge in [-0.2, -0.15) is 5.26 Å². The number of fused-ring (bicyclic) bond motifs is 1. The molecular weight excluding hydrogens is 384 g/mol. The van der Waals surface area contributed by atoms with Crippen molar-refractivity contribution in [1.29, 1.82) is 5.26 Å². The van der Waals surface area contributed by atoms with Crippen LogP contribution in [0.1, 0.15) is 55.5 Å². The molecule has 1 aromatic carbocycles. The number of benzene rings is 1. The fourth-order valence-electron chi connectivity index (χ4n) is 4.53. The third-order valence-electron chi connectivity index (χ3n) is 6.31. The number of hydrogen-bond acceptors (Lipinski definition) is 5. The number of nitrogens with zero attached hydrogens (tertiary/aromatic N) is 3. The van der Waals surface area contributed by atoms with Crippen LogP contribution in [0.5, 0.6) is 5.75 Å². The highest BCUT2D eigenvalue weighted by atomic mass is 16.5. The van der Waals surface area contributed by atoms with Gasteiger partial charge in [0.1, 0.15) is 11.4 Å². The Morgan fingerprint density at radius 1 is 1.23 bits per heavy atom. The lowest BCUT2D eigenvalue weighted by molar-refractivity contribution is 0.103. The first-order valence-corrected chi connectivity index (χ1v) is 11.2. The van der Waals surface area contributed by atoms with Gasteiger partial charge in [0.15, 0.2) is 0 Å². The number of aromatic nitrogens is 1. The largest absolute Gasteiger partial charge is 0.482 e. The lowest BCUT2D eigenvalue weighted by Crippen LogP contribution is -2.37. The summed E-state index contributed by atoms with van der Waals surface area (Å²) < 4.78 is 6.55. The van der Waals surface area contributed by atoms with Crippen LogP contribution < -0.4 is 10.1 Å². The molecule has 1 spiro atoms. The highest BCUT2D eigenvalue weighted by Gasteiger charge is 2.36. The van der Waals surface area contributed by atoms with E-state index >= 15 is 0 Å². The van der Waals surface area contributed by atoms with Crippen LogP contribution in [-0.4, -0.2) is 41.7 Å². The maximum Gasteiger partial charge on any atom is 0.129 e. The molecule has 0 saturated carbocycles. The molecule has 1 aromatic heterocycles. The first-order valence-electron chi connectivity index (χ1n) is 11.2. The van der Waals surface area contributed by atoms with Crippen LogP contribution in [0, 0.1) is 11.3 Å². The fraction of sp³-hybridized carbons (Fsp3) is 0.385. The normalized spacial score (nSPS) is 20.1. The minimum Gasteiger partial charge on any atom is -0.482 e. The van der Waals surface area contributed by atoms with E-state index in [0.717, 1.165) is 79.3 Å². The van der Waals surface area contributed by atoms with E-state index in [1.165, 1.54) is 0 Å². The maximum atomic E-state index is 9.43. The second kappa shape index (κ2) is 8.95. The molecule has 2 aliphatic rings. The van der Waals surface area contributed by atoms with Crippen LogP contribution in [0.25, 0.3) is 11.3 Å². The average Bonchev–Trinajstić information content (AvgIpc) is 3.04. The molecular formula is C26H30N4O. The van der Waals surface area contributed by atoms with Gasteiger partial charge in [-0.05, 0) is 75.7 Å². The molecule has 0 radical (unpaired) electrons. The zero-order chi connectivity index (χ0) is 21.8. The molecule has 1 fully saturated rings. The molecule has 5 heteroatoms. The molecule has 1 unspecified atom stereocenters. The van der Waals surface area contributed by atoms with Crippen molar-refractivity contribution < 1.29 is 4.74 Å². The van der Waals surface area contributed by atoms with E-state index in [1.807, 2.05) is 30.5 Å². The summed E-state index contributed by atoms with van der Waals surface area (Å²) in [5, 5.41) is 12.9. The Balaban J connectivity index is 1.76. The van der Waals surface area contributed by atoms with Gasteiger partial charge in [0.25, 0.3) is 0 Å². The number of nitriles is 1. The molecule has 160 valence electrons. The van der Waals surface area contributed by atoms with E-state index in [4.69, 9.17) is 9.72 Å². The predicted octanol–water partition coefficient (Wildman–Crippen LogP) is 4.60. The Bertz CT molecular complexity index is 1020. The van der Waals surface area contributed by atoms with Gasteiger partial charge in [-0.15, -0.1) is 0 Å². The van der Waals surface area contributed by atoms with Gasteiger partial charge in [-0.3, -0.25) is 4.98 Å². The van der Waals surface area contributed by atoms with Gasteiger partial charge in [0.05, 0.1) is 23.0 Å². The Morgan fingerprint density at radius 3 is 2.77 bits per heavy atom. The predicted molar refractivity (Wildman–Crippen MR) is 125 cm³/mol. The molecule has 0 bridgehead atoms. The van der Waals surface area contributed by atoms with Crippen molar-refractivity contribution in [3.8, 4) is 11.8 Å². The second-order valence-corrected chi connectivity index (χ2v) is 8.20. The van der Waals surface area contributed by atoms with Crippen LogP contribution in [0.15, 0.2) is 49.2 Å². The van der Waals surface area contributed by atoms with E-state index in [1.54, 1.807) is 0 Å². The maximum absolute atomic E-state index is 9.43. The molecule has 1 atom stereocenters. The molecule has 5 nitrogen and oxygen atoms in total. The number of rotatable bonds is 5. The lowest BCUT2D eigenvalue weighted by atomic mass is 9.84. The Hall–Kier alpha value is -3.10. The molecule has 3 heterocycles. The number of ether oxygens (including phenoxy) is 1. The van der Waals surface area contributed by atoms with Crippen LogP contribution in [0.4, 0.5) is 0 Å². The number of nitrogens with one attached hydrogen (secondary N) is 1. The Labute approximate surface area is 185 Å². The summed E-state index contributed by atoms with van der Waals surface area (Å²) in [6.07, 6.45) is 7.13. The molecule has 0 amide bonds. The fourth-order valence-corrected chi connectivity index (χ4v) is 4.53. The second-order valence-electron chi connectivity index (χ2n) is 8.20. The summed E-state index contributed by atoms with van der Waals surface area (Å²) in [6.45, 7) is 12.2. The van der Waals surface area contributed by atoms with Crippen molar-refractivity contribution in [2.24, 2.45) is 0 Å². The summed E-state index contributed by atoms with van der Waals surface area (Å²) in [7, 11) is 0. The SMILES string of the molecule is C=C(c1ccc(C2=CC3(CCCNCC3)Oc3ccc(C#N)cc32)cn1)N(CC)CC. The molecule has 1 saturated heterocycles. The first kappa shape index (κ1) is 21.1. The summed E-state index contributed by atoms with van der Waals surface area (Å²) in [4.78, 5) is 6.94. The van der Waals surface area contributed by atoms with Crippen molar-refractivity contribution in [3.63, 3.8) is 0 Å². The van der Waals surface area contributed by atoms with Crippen LogP contribution >= 0.6 is 0 Å². The number of pyridine rings is 1. The third kappa shape index (κ3) is 4.22. The Kier molecular flexibility index (Phi) is 6.11. The third-order valence-corrected chi connectivity index (χ3v) is 6.31. The summed E-state index contributed by atoms with van der Waals surface area (Å²) >= 11 is 0. The molecule has 31 heavy (non-hydrogen) atoms. The highest BCUT2D eigenvalue weighted by Crippen LogP contribution is 2.43. The van der Waals surface area contributed by atoms with E-state index in [-0.39, 0.29) is 5.60 Å². The van der Waals surface area contributed by atoms with Gasteiger partial charge in [0.2, 0.25) is 0 Å². The minimum absolute atomic E-state index is 0.330. The minimum atomic E-state index is -0.330. The van der Waals surface area contributed by atoms with E-state index < -0.39 is 0 Å². The van der Waals surface area contributed by atoms with Crippen LogP contribution in [0.2, 0.25) is 0 Å². The van der Waals surface area contributed by atoms with Crippen molar-refractivity contribution in [2.75, 3.05) is 26.2 Å². The quantitative estimate of drug-likeness (QED) is 0.775. The Morgan fingerprint density at radius 2 is 2.06 bits per heavy atom. The van der Waals surface area contributed by atoms with E-state index in [9.17, 15) is 5.26 Å². The highest BCUT2D eigenvalue weighted by molar-refractivity contribution is 5.85. The molecule has 1 N–H and O–H groups in total. The van der Waals surface area contributed by atoms with Crippen molar-refractivity contribution in [2.45, 2.75) is 38.7 Å². The summed E-state index contributed by atoms with van der Waals surface area (Å²) in [6, 6.07) is 12.1. The molecule has 2 aliphatic heterocycles. The molecule has 4 rings (SSSR count). The van der Waals surface area contributed by atoms with Gasteiger partial charge in [-0.1, -0.05) is 12.6 Å². The topological polar surface area (TPSA) is 61.2 Å². The van der Waals surface area contributed by atoms with Gasteiger partial charge in [-0.25, -0.2) is 0 Å². The van der Waals surface area contributed by atoms with Crippen LogP contribution in [-0.2, 0) is 0 Å². The summed E-state index contributed by atoms with van der Waals surface area (Å²) in [5.41, 5.74) is 5.21. The average molecular weight is 415 g/mol. The van der Waals surface area contributed by atoms with Gasteiger partial charge in [0, 0.05) is 36.8 Å². The van der Waals surface area contributed by atoms with E-state index in [0.29, 0.717) is 5.56 Å². The lowest BCUT2D eigenvalue weighted by Gasteiger charge is -2.36. The van der Waals surface area contributed by atoms with Gasteiger partial charge < -0.3 is 15.0 Å². The standard InChI is InChI=1S/C26H30N4O/c1-4-30(5-2)19(3)24-9-8-21(18-29-24)23-16-26(11-6-13-28-14-12-26)31-25-10-7-20(17-27)15-22(23)25/h7-10,15-16,18,28H,3-6,11-14H2,1-2H3. The van der Waals surface area contributed by atoms with Gasteiger partial charge >= 0.3 is 0 Å². The van der Waals surface area contributed by atoms with E-state index in [2.05, 4.69) is 48.9 Å². The summed E-state index contributed by atoms with van der Waals surface area (Å²) in [5.74, 6) is 0.843. The van der Waals surface area contributed by atoms with Crippen molar-refractivity contribution in [3.05, 3.63) is 71.6 Å². The molecule has 2 aromatic rings. The van der Waals surface area contributed by atoms with Crippen LogP contribution in [0.3, 0.4) is 0 Å². The monoisotopic (exact) mass is 414 g/mol. The number of hydrogen-bond donors (Lipinski definition) is 1.